The molecule has 0 fully saturated rings. The molecule has 3 rings (SSSR count). The number of ketones is 1. The third-order valence-corrected chi connectivity index (χ3v) is 6.32. The second-order valence-corrected chi connectivity index (χ2v) is 12.8. The average Bonchev–Trinajstić information content (AvgIpc) is 3.26. The fraction of sp³-hybridized carbons (Fsp3) is 0.355. The van der Waals surface area contributed by atoms with Crippen LogP contribution in [0.5, 0.6) is 0 Å². The van der Waals surface area contributed by atoms with E-state index in [9.17, 15) is 18.4 Å². The van der Waals surface area contributed by atoms with Crippen molar-refractivity contribution in [2.24, 2.45) is 5.84 Å². The van der Waals surface area contributed by atoms with Gasteiger partial charge in [0.25, 0.3) is 0 Å². The largest absolute Gasteiger partial charge is 0.456 e. The number of hydrazine groups is 1. The van der Waals surface area contributed by atoms with Gasteiger partial charge in [-0.1, -0.05) is 58.7 Å². The van der Waals surface area contributed by atoms with E-state index >= 15 is 0 Å². The fourth-order valence-corrected chi connectivity index (χ4v) is 4.11. The van der Waals surface area contributed by atoms with E-state index in [1.54, 1.807) is 50.6 Å². The van der Waals surface area contributed by atoms with Crippen LogP contribution in [-0.4, -0.2) is 33.3 Å². The lowest BCUT2D eigenvalue weighted by molar-refractivity contribution is -0.191. The lowest BCUT2D eigenvalue weighted by Gasteiger charge is -2.19. The zero-order valence-electron chi connectivity index (χ0n) is 26.1. The molecule has 0 saturated heterocycles. The number of nitrogens with zero attached hydrogens (tertiary/aromatic N) is 2. The molecule has 0 unspecified atom stereocenters. The van der Waals surface area contributed by atoms with Crippen LogP contribution in [-0.2, 0) is 29.3 Å². The summed E-state index contributed by atoms with van der Waals surface area (Å²) in [6.07, 6.45) is 3.53. The van der Waals surface area contributed by atoms with E-state index in [2.05, 4.69) is 63.2 Å². The van der Waals surface area contributed by atoms with Gasteiger partial charge in [-0.3, -0.25) is 10.6 Å². The van der Waals surface area contributed by atoms with Crippen molar-refractivity contribution in [2.45, 2.75) is 73.3 Å². The molecule has 0 bridgehead atoms. The second kappa shape index (κ2) is 18.3. The Kier molecular flexibility index (Phi) is 16.9. The van der Waals surface area contributed by atoms with Crippen molar-refractivity contribution in [2.75, 3.05) is 5.43 Å². The quantitative estimate of drug-likeness (QED) is 0.0700. The van der Waals surface area contributed by atoms with Crippen molar-refractivity contribution in [3.05, 3.63) is 86.1 Å². The molecule has 9 nitrogen and oxygen atoms in total. The molecule has 3 aromatic rings. The summed E-state index contributed by atoms with van der Waals surface area (Å²) in [5, 5.41) is 4.30. The zero-order valence-corrected chi connectivity index (χ0v) is 29.3. The maximum Gasteiger partial charge on any atom is 0.373 e. The molecule has 1 aromatic heterocycles. The Hall–Kier alpha value is -3.51. The molecule has 3 N–H and O–H groups in total. The summed E-state index contributed by atoms with van der Waals surface area (Å²) < 4.78 is 34.7. The molecule has 0 saturated carbocycles. The van der Waals surface area contributed by atoms with Gasteiger partial charge in [0.15, 0.2) is 5.78 Å². The van der Waals surface area contributed by atoms with Crippen molar-refractivity contribution >= 4 is 55.5 Å². The first-order chi connectivity index (χ1) is 20.2. The number of rotatable bonds is 4. The minimum absolute atomic E-state index is 0.00811. The number of allylic oxidation sites excluding steroid dienone is 1. The second-order valence-electron chi connectivity index (χ2n) is 11.0. The summed E-state index contributed by atoms with van der Waals surface area (Å²) in [6.45, 7) is 16.6. The molecule has 0 amide bonds. The van der Waals surface area contributed by atoms with Gasteiger partial charge in [0.05, 0.1) is 17.5 Å². The molecular weight excluding hydrogens is 706 g/mol. The normalized spacial score (nSPS) is 10.9. The van der Waals surface area contributed by atoms with Gasteiger partial charge in [0, 0.05) is 14.6 Å². The number of aromatic nitrogens is 2. The van der Waals surface area contributed by atoms with Crippen LogP contribution < -0.4 is 11.3 Å². The number of benzene rings is 2. The third-order valence-electron chi connectivity index (χ3n) is 5.33. The van der Waals surface area contributed by atoms with Crippen LogP contribution in [0.1, 0.15) is 66.6 Å². The van der Waals surface area contributed by atoms with Gasteiger partial charge in [-0.05, 0) is 88.9 Å². The lowest BCUT2D eigenvalue weighted by Crippen LogP contribution is -2.26. The Balaban J connectivity index is 0.000000628. The SMILES string of the molecule is C/C=C(\C(C)=O)C(=O)OC(C)(C)C.Cc1c(C(C)(C)C)cnn1-c1ccc(Br)cc1F.NNc1ccc(Br)cc1F.O=C=O. The molecule has 0 atom stereocenters. The van der Waals surface area contributed by atoms with Gasteiger partial charge >= 0.3 is 12.1 Å². The molecule has 13 heteroatoms. The number of hydrogen-bond acceptors (Lipinski definition) is 8. The molecule has 0 spiro atoms. The number of esters is 1. The van der Waals surface area contributed by atoms with Crippen molar-refractivity contribution in [3.8, 4) is 5.69 Å². The first kappa shape index (κ1) is 40.5. The Labute approximate surface area is 273 Å². The Morgan fingerprint density at radius 3 is 1.86 bits per heavy atom. The van der Waals surface area contributed by atoms with E-state index in [1.807, 2.05) is 19.2 Å². The van der Waals surface area contributed by atoms with Crippen molar-refractivity contribution in [1.82, 2.24) is 9.78 Å². The summed E-state index contributed by atoms with van der Waals surface area (Å²) in [5.74, 6) is 3.53. The average molecular weight is 744 g/mol. The number of Topliss-reactive ketones (excluding diaryl/α,β-unsaturated/α-hetero) is 1. The molecule has 44 heavy (non-hydrogen) atoms. The van der Waals surface area contributed by atoms with Crippen LogP contribution in [0.2, 0.25) is 0 Å². The lowest BCUT2D eigenvalue weighted by atomic mass is 9.87. The van der Waals surface area contributed by atoms with E-state index < -0.39 is 11.6 Å². The van der Waals surface area contributed by atoms with Gasteiger partial charge in [-0.2, -0.15) is 14.7 Å². The van der Waals surface area contributed by atoms with Crippen LogP contribution in [0.25, 0.3) is 5.69 Å². The molecule has 0 aliphatic carbocycles. The molecule has 0 aliphatic heterocycles. The predicted octanol–water partition coefficient (Wildman–Crippen LogP) is 7.53. The van der Waals surface area contributed by atoms with E-state index in [1.165, 1.54) is 25.1 Å². The molecule has 1 heterocycles. The fourth-order valence-electron chi connectivity index (χ4n) is 3.45. The third kappa shape index (κ3) is 13.9. The number of ether oxygens (including phenoxy) is 1. The van der Waals surface area contributed by atoms with E-state index in [4.69, 9.17) is 20.2 Å². The number of halogens is 4. The maximum absolute atomic E-state index is 13.9. The minimum Gasteiger partial charge on any atom is -0.456 e. The van der Waals surface area contributed by atoms with E-state index in [0.717, 1.165) is 15.7 Å². The highest BCUT2D eigenvalue weighted by Gasteiger charge is 2.22. The summed E-state index contributed by atoms with van der Waals surface area (Å²) >= 11 is 6.37. The highest BCUT2D eigenvalue weighted by Crippen LogP contribution is 2.28. The Morgan fingerprint density at radius 2 is 1.50 bits per heavy atom. The van der Waals surface area contributed by atoms with Crippen LogP contribution in [0.3, 0.4) is 0 Å². The Bertz CT molecular complexity index is 1490. The number of anilines is 1. The highest BCUT2D eigenvalue weighted by molar-refractivity contribution is 9.10. The molecule has 2 aromatic carbocycles. The van der Waals surface area contributed by atoms with Gasteiger partial charge in [-0.25, -0.2) is 18.3 Å². The van der Waals surface area contributed by atoms with Crippen LogP contribution in [0.15, 0.2) is 63.2 Å². The summed E-state index contributed by atoms with van der Waals surface area (Å²) in [4.78, 5) is 38.5. The smallest absolute Gasteiger partial charge is 0.373 e. The number of hydrogen-bond donors (Lipinski definition) is 2. The van der Waals surface area contributed by atoms with Gasteiger partial charge in [0.1, 0.15) is 22.9 Å². The molecular formula is C31H38Br2F2N4O5. The van der Waals surface area contributed by atoms with Crippen LogP contribution in [0.4, 0.5) is 14.5 Å². The van der Waals surface area contributed by atoms with E-state index in [0.29, 0.717) is 15.8 Å². The van der Waals surface area contributed by atoms with Crippen molar-refractivity contribution in [1.29, 1.82) is 0 Å². The van der Waals surface area contributed by atoms with Gasteiger partial charge in [0.2, 0.25) is 0 Å². The standard InChI is InChI=1S/C14H16BrFN2.C10H16O3.C6H6BrFN2.CO2/c1-9-11(14(2,3)4)8-17-18(9)13-6-5-10(15)7-12(13)16;1-6-8(7(2)11)9(12)13-10(3,4)5;7-4-1-2-6(10-9)5(8)3-4;2-1-3/h5-8H,1-4H3;6H,1-5H3;1-3,10H,9H2;/b;8-6+;;. The van der Waals surface area contributed by atoms with Crippen LogP contribution >= 0.6 is 31.9 Å². The summed E-state index contributed by atoms with van der Waals surface area (Å²) in [7, 11) is 0. The van der Waals surface area contributed by atoms with Crippen LogP contribution in [0, 0.1) is 18.6 Å². The van der Waals surface area contributed by atoms with Crippen molar-refractivity contribution in [3.63, 3.8) is 0 Å². The number of carbonyl (C=O) groups excluding carboxylic acids is 4. The number of nitrogen functional groups attached to an aromatic ring is 1. The number of carbonyl (C=O) groups is 2. The maximum atomic E-state index is 13.9. The summed E-state index contributed by atoms with van der Waals surface area (Å²) in [5.41, 5.74) is 4.66. The first-order valence-electron chi connectivity index (χ1n) is 13.1. The summed E-state index contributed by atoms with van der Waals surface area (Å²) in [6, 6.07) is 9.60. The number of nitrogens with two attached hydrogens (primary N) is 1. The van der Waals surface area contributed by atoms with Gasteiger partial charge < -0.3 is 10.2 Å². The topological polar surface area (TPSA) is 133 Å². The Morgan fingerprint density at radius 1 is 1.00 bits per heavy atom. The van der Waals surface area contributed by atoms with Gasteiger partial charge in [-0.15, -0.1) is 0 Å². The molecule has 240 valence electrons. The zero-order chi connectivity index (χ0) is 34.4. The minimum atomic E-state index is -0.555. The van der Waals surface area contributed by atoms with E-state index in [-0.39, 0.29) is 34.6 Å². The highest BCUT2D eigenvalue weighted by atomic mass is 79.9. The predicted molar refractivity (Wildman–Crippen MR) is 172 cm³/mol. The number of nitrogens with one attached hydrogen (secondary N) is 1. The van der Waals surface area contributed by atoms with Crippen molar-refractivity contribution < 1.29 is 32.7 Å². The monoisotopic (exact) mass is 742 g/mol. The molecule has 0 radical (unpaired) electrons. The molecule has 0 aliphatic rings. The first-order valence-corrected chi connectivity index (χ1v) is 14.6.